The summed E-state index contributed by atoms with van der Waals surface area (Å²) in [5.74, 6) is 0.230. The van der Waals surface area contributed by atoms with Gasteiger partial charge in [-0.3, -0.25) is 4.79 Å². The summed E-state index contributed by atoms with van der Waals surface area (Å²) in [6.45, 7) is 3.88. The molecule has 1 aliphatic rings. The van der Waals surface area contributed by atoms with Crippen molar-refractivity contribution in [1.29, 1.82) is 0 Å². The number of rotatable bonds is 5. The number of nitrogens with one attached hydrogen (secondary N) is 2. The molecule has 0 aliphatic carbocycles. The van der Waals surface area contributed by atoms with Crippen LogP contribution in [-0.2, 0) is 0 Å². The number of carbonyl (C=O) groups excluding carboxylic acids is 1. The number of hydrogen-bond acceptors (Lipinski definition) is 2. The number of carbonyl (C=O) groups is 1. The first-order valence-electron chi connectivity index (χ1n) is 7.69. The van der Waals surface area contributed by atoms with Crippen LogP contribution in [0.25, 0.3) is 10.9 Å². The number of fused-ring (bicyclic) bond motifs is 1. The molecule has 0 radical (unpaired) electrons. The zero-order valence-electron chi connectivity index (χ0n) is 12.3. The summed E-state index contributed by atoms with van der Waals surface area (Å²) in [6.07, 6.45) is 4.09. The molecule has 2 aromatic rings. The first-order chi connectivity index (χ1) is 10.2. The molecule has 1 saturated heterocycles. The zero-order valence-corrected chi connectivity index (χ0v) is 13.1. The third-order valence-electron chi connectivity index (χ3n) is 4.59. The number of unbranched alkanes of at least 4 members (excludes halogenated alkanes) is 1. The van der Waals surface area contributed by atoms with E-state index in [1.165, 1.54) is 0 Å². The van der Waals surface area contributed by atoms with E-state index in [1.54, 1.807) is 0 Å². The maximum Gasteiger partial charge on any atom is 0.186 e. The van der Waals surface area contributed by atoms with Crippen LogP contribution in [0.1, 0.15) is 43.1 Å². The predicted molar refractivity (Wildman–Crippen MR) is 87.1 cm³/mol. The minimum atomic E-state index is -0.247. The van der Waals surface area contributed by atoms with Gasteiger partial charge in [0, 0.05) is 27.9 Å². The van der Waals surface area contributed by atoms with Gasteiger partial charge in [0.2, 0.25) is 0 Å². The highest BCUT2D eigenvalue weighted by Gasteiger charge is 2.41. The molecular formula is C17H21ClN2O. The van der Waals surface area contributed by atoms with Gasteiger partial charge in [0.15, 0.2) is 5.78 Å². The molecule has 112 valence electrons. The van der Waals surface area contributed by atoms with E-state index < -0.39 is 0 Å². The molecule has 1 unspecified atom stereocenters. The molecule has 4 heteroatoms. The van der Waals surface area contributed by atoms with Gasteiger partial charge in [-0.05, 0) is 37.6 Å². The van der Waals surface area contributed by atoms with Crippen LogP contribution in [0, 0.1) is 5.41 Å². The third kappa shape index (κ3) is 2.60. The summed E-state index contributed by atoms with van der Waals surface area (Å²) in [5.41, 5.74) is 1.38. The Hall–Kier alpha value is -1.32. The van der Waals surface area contributed by atoms with Crippen molar-refractivity contribution in [2.24, 2.45) is 5.41 Å². The third-order valence-corrected chi connectivity index (χ3v) is 4.92. The van der Waals surface area contributed by atoms with E-state index >= 15 is 0 Å². The second-order valence-electron chi connectivity index (χ2n) is 6.02. The molecule has 1 aromatic heterocycles. The van der Waals surface area contributed by atoms with Crippen molar-refractivity contribution in [3.05, 3.63) is 35.0 Å². The predicted octanol–water partition coefficient (Wildman–Crippen LogP) is 4.17. The molecular weight excluding hydrogens is 284 g/mol. The lowest BCUT2D eigenvalue weighted by Crippen LogP contribution is -2.33. The highest BCUT2D eigenvalue weighted by molar-refractivity contribution is 6.35. The quantitative estimate of drug-likeness (QED) is 0.814. The zero-order chi connectivity index (χ0) is 14.9. The Labute approximate surface area is 130 Å². The minimum absolute atomic E-state index is 0.230. The van der Waals surface area contributed by atoms with Crippen molar-refractivity contribution in [3.63, 3.8) is 0 Å². The van der Waals surface area contributed by atoms with Crippen molar-refractivity contribution >= 4 is 28.3 Å². The molecule has 0 bridgehead atoms. The van der Waals surface area contributed by atoms with Crippen LogP contribution in [0.4, 0.5) is 0 Å². The lowest BCUT2D eigenvalue weighted by Gasteiger charge is -2.25. The van der Waals surface area contributed by atoms with Gasteiger partial charge in [-0.1, -0.05) is 37.4 Å². The molecule has 0 spiro atoms. The van der Waals surface area contributed by atoms with Crippen LogP contribution in [0.15, 0.2) is 24.3 Å². The van der Waals surface area contributed by atoms with Gasteiger partial charge in [-0.25, -0.2) is 0 Å². The lowest BCUT2D eigenvalue weighted by molar-refractivity contribution is 0.0795. The molecule has 2 N–H and O–H groups in total. The summed E-state index contributed by atoms with van der Waals surface area (Å²) in [4.78, 5) is 16.3. The number of H-pyrrole nitrogens is 1. The fourth-order valence-electron chi connectivity index (χ4n) is 3.31. The first kappa shape index (κ1) is 14.6. The molecule has 0 amide bonds. The number of aromatic amines is 1. The van der Waals surface area contributed by atoms with Crippen molar-refractivity contribution in [3.8, 4) is 0 Å². The first-order valence-corrected chi connectivity index (χ1v) is 8.07. The van der Waals surface area contributed by atoms with Crippen LogP contribution in [0.3, 0.4) is 0 Å². The molecule has 2 heterocycles. The summed E-state index contributed by atoms with van der Waals surface area (Å²) >= 11 is 6.21. The van der Waals surface area contributed by atoms with Crippen LogP contribution >= 0.6 is 11.6 Å². The van der Waals surface area contributed by atoms with E-state index in [0.29, 0.717) is 10.7 Å². The van der Waals surface area contributed by atoms with E-state index in [4.69, 9.17) is 11.6 Å². The standard InChI is InChI=1S/C17H21ClN2O/c1-2-3-7-17(8-9-19-11-17)16(21)15-10-12-13(18)5-4-6-14(12)20-15/h4-6,10,19-20H,2-3,7-9,11H2,1H3. The highest BCUT2D eigenvalue weighted by Crippen LogP contribution is 2.36. The summed E-state index contributed by atoms with van der Waals surface area (Å²) in [6, 6.07) is 7.63. The number of halogens is 1. The summed E-state index contributed by atoms with van der Waals surface area (Å²) in [5, 5.41) is 4.98. The van der Waals surface area contributed by atoms with Crippen LogP contribution in [-0.4, -0.2) is 23.9 Å². The van der Waals surface area contributed by atoms with Crippen molar-refractivity contribution in [2.45, 2.75) is 32.6 Å². The fraction of sp³-hybridized carbons (Fsp3) is 0.471. The molecule has 3 nitrogen and oxygen atoms in total. The highest BCUT2D eigenvalue weighted by atomic mass is 35.5. The van der Waals surface area contributed by atoms with Gasteiger partial charge in [0.05, 0.1) is 5.69 Å². The molecule has 1 atom stereocenters. The Morgan fingerprint density at radius 2 is 2.29 bits per heavy atom. The van der Waals surface area contributed by atoms with Gasteiger partial charge in [0.1, 0.15) is 0 Å². The Kier molecular flexibility index (Phi) is 4.05. The SMILES string of the molecule is CCCCC1(C(=O)c2cc3c(Cl)cccc3[nH]2)CCNC1. The number of benzene rings is 1. The molecule has 1 aliphatic heterocycles. The largest absolute Gasteiger partial charge is 0.352 e. The van der Waals surface area contributed by atoms with Gasteiger partial charge >= 0.3 is 0 Å². The molecule has 0 saturated carbocycles. The van der Waals surface area contributed by atoms with E-state index in [0.717, 1.165) is 49.7 Å². The average Bonchev–Trinajstić information content (AvgIpc) is 3.12. The Morgan fingerprint density at radius 3 is 2.95 bits per heavy atom. The van der Waals surface area contributed by atoms with E-state index in [9.17, 15) is 4.79 Å². The van der Waals surface area contributed by atoms with Crippen LogP contribution < -0.4 is 5.32 Å². The molecule has 1 aromatic carbocycles. The molecule has 21 heavy (non-hydrogen) atoms. The molecule has 1 fully saturated rings. The lowest BCUT2D eigenvalue weighted by atomic mass is 9.77. The number of hydrogen-bond donors (Lipinski definition) is 2. The maximum atomic E-state index is 13.0. The van der Waals surface area contributed by atoms with Crippen LogP contribution in [0.5, 0.6) is 0 Å². The topological polar surface area (TPSA) is 44.9 Å². The minimum Gasteiger partial charge on any atom is -0.352 e. The van der Waals surface area contributed by atoms with E-state index in [2.05, 4.69) is 17.2 Å². The monoisotopic (exact) mass is 304 g/mol. The van der Waals surface area contributed by atoms with Gasteiger partial charge in [-0.2, -0.15) is 0 Å². The van der Waals surface area contributed by atoms with Gasteiger partial charge < -0.3 is 10.3 Å². The number of ketones is 1. The summed E-state index contributed by atoms with van der Waals surface area (Å²) in [7, 11) is 0. The van der Waals surface area contributed by atoms with E-state index in [1.807, 2.05) is 24.3 Å². The van der Waals surface area contributed by atoms with Crippen molar-refractivity contribution in [1.82, 2.24) is 10.3 Å². The van der Waals surface area contributed by atoms with Gasteiger partial charge in [0.25, 0.3) is 0 Å². The smallest absolute Gasteiger partial charge is 0.186 e. The fourth-order valence-corrected chi connectivity index (χ4v) is 3.53. The number of aromatic nitrogens is 1. The Balaban J connectivity index is 1.96. The Morgan fingerprint density at radius 1 is 1.43 bits per heavy atom. The maximum absolute atomic E-state index is 13.0. The molecule has 3 rings (SSSR count). The van der Waals surface area contributed by atoms with Crippen molar-refractivity contribution in [2.75, 3.05) is 13.1 Å². The normalized spacial score (nSPS) is 22.0. The average molecular weight is 305 g/mol. The Bertz CT molecular complexity index is 656. The van der Waals surface area contributed by atoms with Crippen molar-refractivity contribution < 1.29 is 4.79 Å². The second-order valence-corrected chi connectivity index (χ2v) is 6.43. The van der Waals surface area contributed by atoms with Crippen LogP contribution in [0.2, 0.25) is 5.02 Å². The van der Waals surface area contributed by atoms with E-state index in [-0.39, 0.29) is 11.2 Å². The number of Topliss-reactive ketones (excluding diaryl/α,β-unsaturated/α-hetero) is 1. The second kappa shape index (κ2) is 5.82. The van der Waals surface area contributed by atoms with Gasteiger partial charge in [-0.15, -0.1) is 0 Å². The summed E-state index contributed by atoms with van der Waals surface area (Å²) < 4.78 is 0.